The summed E-state index contributed by atoms with van der Waals surface area (Å²) in [6.07, 6.45) is 1.65. The molecule has 2 aromatic heterocycles. The molecule has 7 nitrogen and oxygen atoms in total. The van der Waals surface area contributed by atoms with E-state index in [1.54, 1.807) is 36.5 Å². The molecule has 5 aromatic rings. The third-order valence-corrected chi connectivity index (χ3v) is 6.62. The van der Waals surface area contributed by atoms with Gasteiger partial charge in [0.05, 0.1) is 16.1 Å². The standard InChI is InChI=1S/C22H19N5O2S/c1-27-21-8-6-17(13-19(21)18-7-5-15(23)12-22(18)27)30(28,29)26-16-4-2-3-14(11-16)20-9-10-24-25-20/h2-13,26H,23H2,1H3,(H,24,25). The van der Waals surface area contributed by atoms with Gasteiger partial charge in [-0.1, -0.05) is 18.2 Å². The summed E-state index contributed by atoms with van der Waals surface area (Å²) in [5.41, 5.74) is 10.6. The molecule has 8 heteroatoms. The van der Waals surface area contributed by atoms with Crippen LogP contribution in [0.5, 0.6) is 0 Å². The first-order valence-electron chi connectivity index (χ1n) is 9.33. The maximum absolute atomic E-state index is 13.1. The van der Waals surface area contributed by atoms with Gasteiger partial charge in [-0.05, 0) is 48.5 Å². The van der Waals surface area contributed by atoms with Crippen LogP contribution in [0.15, 0.2) is 77.8 Å². The third kappa shape index (κ3) is 2.98. The number of rotatable bonds is 4. The first kappa shape index (κ1) is 18.3. The normalized spacial score (nSPS) is 11.9. The van der Waals surface area contributed by atoms with Gasteiger partial charge in [0.25, 0.3) is 10.0 Å². The minimum absolute atomic E-state index is 0.200. The number of anilines is 2. The fraction of sp³-hybridized carbons (Fsp3) is 0.0455. The molecule has 0 atom stereocenters. The van der Waals surface area contributed by atoms with Crippen molar-refractivity contribution in [1.29, 1.82) is 0 Å². The van der Waals surface area contributed by atoms with Crippen LogP contribution in [0.1, 0.15) is 0 Å². The lowest BCUT2D eigenvalue weighted by atomic mass is 10.1. The van der Waals surface area contributed by atoms with Crippen molar-refractivity contribution in [3.63, 3.8) is 0 Å². The fourth-order valence-electron chi connectivity index (χ4n) is 3.76. The van der Waals surface area contributed by atoms with Crippen LogP contribution < -0.4 is 10.5 Å². The maximum Gasteiger partial charge on any atom is 0.261 e. The Kier molecular flexibility index (Phi) is 4.04. The second-order valence-corrected chi connectivity index (χ2v) is 8.85. The van der Waals surface area contributed by atoms with Crippen molar-refractivity contribution in [2.24, 2.45) is 7.05 Å². The van der Waals surface area contributed by atoms with E-state index in [1.165, 1.54) is 0 Å². The average molecular weight is 417 g/mol. The molecule has 0 unspecified atom stereocenters. The Hall–Kier alpha value is -3.78. The van der Waals surface area contributed by atoms with Crippen LogP contribution in [0.25, 0.3) is 33.1 Å². The number of sulfonamides is 1. The van der Waals surface area contributed by atoms with E-state index >= 15 is 0 Å². The van der Waals surface area contributed by atoms with E-state index in [1.807, 2.05) is 48.0 Å². The van der Waals surface area contributed by atoms with Gasteiger partial charge in [0.2, 0.25) is 0 Å². The summed E-state index contributed by atoms with van der Waals surface area (Å²) >= 11 is 0. The lowest BCUT2D eigenvalue weighted by molar-refractivity contribution is 0.601. The molecule has 0 radical (unpaired) electrons. The molecule has 0 bridgehead atoms. The number of benzene rings is 3. The summed E-state index contributed by atoms with van der Waals surface area (Å²) in [6.45, 7) is 0. The Morgan fingerprint density at radius 1 is 0.967 bits per heavy atom. The number of nitrogens with one attached hydrogen (secondary N) is 2. The van der Waals surface area contributed by atoms with Crippen LogP contribution >= 0.6 is 0 Å². The van der Waals surface area contributed by atoms with Crippen molar-refractivity contribution in [3.8, 4) is 11.3 Å². The van der Waals surface area contributed by atoms with E-state index in [2.05, 4.69) is 14.9 Å². The third-order valence-electron chi connectivity index (χ3n) is 5.24. The molecule has 0 aliphatic rings. The first-order valence-corrected chi connectivity index (χ1v) is 10.8. The highest BCUT2D eigenvalue weighted by Gasteiger charge is 2.18. The summed E-state index contributed by atoms with van der Waals surface area (Å²) in [7, 11) is -1.83. The second kappa shape index (κ2) is 6.64. The highest BCUT2D eigenvalue weighted by atomic mass is 32.2. The van der Waals surface area contributed by atoms with Crippen molar-refractivity contribution >= 4 is 43.2 Å². The number of aromatic nitrogens is 3. The van der Waals surface area contributed by atoms with Crippen molar-refractivity contribution in [3.05, 3.63) is 72.9 Å². The van der Waals surface area contributed by atoms with E-state index in [-0.39, 0.29) is 4.90 Å². The number of aryl methyl sites for hydroxylation is 1. The highest BCUT2D eigenvalue weighted by Crippen LogP contribution is 2.32. The van der Waals surface area contributed by atoms with Gasteiger partial charge in [-0.25, -0.2) is 8.42 Å². The number of aromatic amines is 1. The Balaban J connectivity index is 1.56. The molecule has 0 aliphatic carbocycles. The maximum atomic E-state index is 13.1. The molecular formula is C22H19N5O2S. The van der Waals surface area contributed by atoms with Crippen LogP contribution in [0, 0.1) is 0 Å². The van der Waals surface area contributed by atoms with Gasteiger partial charge in [0, 0.05) is 46.5 Å². The van der Waals surface area contributed by atoms with Gasteiger partial charge in [0.15, 0.2) is 0 Å². The molecule has 0 amide bonds. The molecule has 0 saturated heterocycles. The minimum Gasteiger partial charge on any atom is -0.399 e. The lowest BCUT2D eigenvalue weighted by Crippen LogP contribution is -2.12. The van der Waals surface area contributed by atoms with Crippen molar-refractivity contribution in [1.82, 2.24) is 14.8 Å². The first-order chi connectivity index (χ1) is 14.4. The monoisotopic (exact) mass is 417 g/mol. The largest absolute Gasteiger partial charge is 0.399 e. The van der Waals surface area contributed by atoms with Crippen molar-refractivity contribution in [2.75, 3.05) is 10.5 Å². The Bertz CT molecular complexity index is 1500. The van der Waals surface area contributed by atoms with Crippen LogP contribution in [0.4, 0.5) is 11.4 Å². The minimum atomic E-state index is -3.77. The number of H-pyrrole nitrogens is 1. The number of nitrogens with two attached hydrogens (primary N) is 1. The number of hydrogen-bond acceptors (Lipinski definition) is 4. The Morgan fingerprint density at radius 3 is 2.63 bits per heavy atom. The average Bonchev–Trinajstić information content (AvgIpc) is 3.35. The molecule has 3 aromatic carbocycles. The Morgan fingerprint density at radius 2 is 1.83 bits per heavy atom. The van der Waals surface area contributed by atoms with Gasteiger partial charge in [-0.15, -0.1) is 0 Å². The number of nitrogens with zero attached hydrogens (tertiary/aromatic N) is 2. The van der Waals surface area contributed by atoms with Crippen LogP contribution in [0.2, 0.25) is 0 Å². The quantitative estimate of drug-likeness (QED) is 0.383. The molecule has 2 heterocycles. The Labute approximate surface area is 173 Å². The summed E-state index contributed by atoms with van der Waals surface area (Å²) in [5.74, 6) is 0. The van der Waals surface area contributed by atoms with Crippen LogP contribution in [-0.4, -0.2) is 23.2 Å². The summed E-state index contributed by atoms with van der Waals surface area (Å²) in [5, 5.41) is 8.64. The second-order valence-electron chi connectivity index (χ2n) is 7.17. The molecule has 4 N–H and O–H groups in total. The summed E-state index contributed by atoms with van der Waals surface area (Å²) < 4.78 is 30.9. The number of hydrogen-bond donors (Lipinski definition) is 3. The van der Waals surface area contributed by atoms with E-state index in [0.29, 0.717) is 11.4 Å². The zero-order valence-electron chi connectivity index (χ0n) is 16.1. The van der Waals surface area contributed by atoms with Gasteiger partial charge >= 0.3 is 0 Å². The van der Waals surface area contributed by atoms with Gasteiger partial charge in [-0.3, -0.25) is 9.82 Å². The van der Waals surface area contributed by atoms with Gasteiger partial charge in [-0.2, -0.15) is 5.10 Å². The lowest BCUT2D eigenvalue weighted by Gasteiger charge is -2.10. The fourth-order valence-corrected chi connectivity index (χ4v) is 4.83. The van der Waals surface area contributed by atoms with E-state index in [9.17, 15) is 8.42 Å². The molecular weight excluding hydrogens is 398 g/mol. The van der Waals surface area contributed by atoms with Crippen LogP contribution in [-0.2, 0) is 17.1 Å². The molecule has 0 spiro atoms. The summed E-state index contributed by atoms with van der Waals surface area (Å²) in [6, 6.07) is 19.8. The predicted molar refractivity (Wildman–Crippen MR) is 120 cm³/mol. The molecule has 0 saturated carbocycles. The predicted octanol–water partition coefficient (Wildman–Crippen LogP) is 4.10. The molecule has 0 fully saturated rings. The molecule has 150 valence electrons. The molecule has 0 aliphatic heterocycles. The topological polar surface area (TPSA) is 106 Å². The van der Waals surface area contributed by atoms with E-state index in [4.69, 9.17) is 5.73 Å². The summed E-state index contributed by atoms with van der Waals surface area (Å²) in [4.78, 5) is 0.200. The van der Waals surface area contributed by atoms with Crippen LogP contribution in [0.3, 0.4) is 0 Å². The zero-order chi connectivity index (χ0) is 20.9. The van der Waals surface area contributed by atoms with Gasteiger partial charge < -0.3 is 10.3 Å². The SMILES string of the molecule is Cn1c2ccc(S(=O)(=O)Nc3cccc(-c4ccn[nH]4)c3)cc2c2ccc(N)cc21. The van der Waals surface area contributed by atoms with Crippen molar-refractivity contribution in [2.45, 2.75) is 4.90 Å². The number of fused-ring (bicyclic) bond motifs is 3. The smallest absolute Gasteiger partial charge is 0.261 e. The van der Waals surface area contributed by atoms with Crippen molar-refractivity contribution < 1.29 is 8.42 Å². The molecule has 5 rings (SSSR count). The van der Waals surface area contributed by atoms with E-state index in [0.717, 1.165) is 33.1 Å². The zero-order valence-corrected chi connectivity index (χ0v) is 16.9. The van der Waals surface area contributed by atoms with Gasteiger partial charge in [0.1, 0.15) is 0 Å². The highest BCUT2D eigenvalue weighted by molar-refractivity contribution is 7.92. The molecule has 30 heavy (non-hydrogen) atoms. The van der Waals surface area contributed by atoms with E-state index < -0.39 is 10.0 Å². The number of nitrogen functional groups attached to an aromatic ring is 1.